The summed E-state index contributed by atoms with van der Waals surface area (Å²) >= 11 is 0. The van der Waals surface area contributed by atoms with Crippen molar-refractivity contribution in [3.05, 3.63) is 35.4 Å². The van der Waals surface area contributed by atoms with Gasteiger partial charge in [-0.25, -0.2) is 4.79 Å². The van der Waals surface area contributed by atoms with E-state index in [1.165, 1.54) is 26.4 Å². The van der Waals surface area contributed by atoms with E-state index in [4.69, 9.17) is 0 Å². The maximum absolute atomic E-state index is 12.7. The van der Waals surface area contributed by atoms with Crippen molar-refractivity contribution < 1.29 is 14.3 Å². The monoisotopic (exact) mass is 316 g/mol. The predicted octanol–water partition coefficient (Wildman–Crippen LogP) is 2.17. The molecule has 0 aromatic heterocycles. The third kappa shape index (κ3) is 3.55. The minimum absolute atomic E-state index is 0.0527. The summed E-state index contributed by atoms with van der Waals surface area (Å²) in [6, 6.07) is 7.46. The Morgan fingerprint density at radius 3 is 2.26 bits per heavy atom. The van der Waals surface area contributed by atoms with Crippen LogP contribution in [0.4, 0.5) is 0 Å². The quantitative estimate of drug-likeness (QED) is 0.802. The topological polar surface area (TPSA) is 49.9 Å². The number of carbonyl (C=O) groups excluding carboxylic acids is 2. The summed E-state index contributed by atoms with van der Waals surface area (Å²) in [5.41, 5.74) is 1.10. The molecule has 0 bridgehead atoms. The van der Waals surface area contributed by atoms with E-state index >= 15 is 0 Å². The van der Waals surface area contributed by atoms with E-state index < -0.39 is 0 Å². The number of rotatable bonds is 3. The highest BCUT2D eigenvalue weighted by Gasteiger charge is 2.28. The highest BCUT2D eigenvalue weighted by molar-refractivity contribution is 5.96. The molecular weight excluding hydrogens is 292 g/mol. The van der Waals surface area contributed by atoms with E-state index in [-0.39, 0.29) is 11.9 Å². The average Bonchev–Trinajstić information content (AvgIpc) is 2.78. The zero-order valence-corrected chi connectivity index (χ0v) is 13.7. The SMILES string of the molecule is COC(=O)c1ccc(C(=O)N2CCCN(C3CCC3)CC2)cc1. The molecule has 124 valence electrons. The number of carbonyl (C=O) groups is 2. The van der Waals surface area contributed by atoms with Gasteiger partial charge in [0, 0.05) is 37.8 Å². The van der Waals surface area contributed by atoms with Crippen molar-refractivity contribution >= 4 is 11.9 Å². The Morgan fingerprint density at radius 2 is 1.65 bits per heavy atom. The fourth-order valence-corrected chi connectivity index (χ4v) is 3.31. The largest absolute Gasteiger partial charge is 0.465 e. The number of ether oxygens (including phenoxy) is 1. The zero-order chi connectivity index (χ0) is 16.2. The molecular formula is C18H24N2O3. The molecule has 23 heavy (non-hydrogen) atoms. The van der Waals surface area contributed by atoms with Crippen molar-refractivity contribution in [2.75, 3.05) is 33.3 Å². The second-order valence-corrected chi connectivity index (χ2v) is 6.34. The lowest BCUT2D eigenvalue weighted by Gasteiger charge is -2.36. The van der Waals surface area contributed by atoms with Crippen molar-refractivity contribution in [1.29, 1.82) is 0 Å². The smallest absolute Gasteiger partial charge is 0.337 e. The standard InChI is InChI=1S/C18H24N2O3/c1-23-18(22)15-8-6-14(7-9-15)17(21)20-11-3-10-19(12-13-20)16-4-2-5-16/h6-9,16H,2-5,10-13H2,1H3. The molecule has 1 heterocycles. The number of hydrogen-bond donors (Lipinski definition) is 0. The molecule has 1 aromatic rings. The Balaban J connectivity index is 1.62. The van der Waals surface area contributed by atoms with Crippen molar-refractivity contribution in [2.24, 2.45) is 0 Å². The van der Waals surface area contributed by atoms with Gasteiger partial charge < -0.3 is 9.64 Å². The number of esters is 1. The van der Waals surface area contributed by atoms with Gasteiger partial charge in [-0.2, -0.15) is 0 Å². The molecule has 1 saturated carbocycles. The molecule has 1 aromatic carbocycles. The van der Waals surface area contributed by atoms with Gasteiger partial charge in [-0.1, -0.05) is 6.42 Å². The third-order valence-corrected chi connectivity index (χ3v) is 4.96. The Labute approximate surface area is 137 Å². The molecule has 5 nitrogen and oxygen atoms in total. The van der Waals surface area contributed by atoms with Crippen LogP contribution in [0.15, 0.2) is 24.3 Å². The minimum atomic E-state index is -0.380. The normalized spacial score (nSPS) is 19.8. The summed E-state index contributed by atoms with van der Waals surface area (Å²) in [5.74, 6) is -0.327. The van der Waals surface area contributed by atoms with Gasteiger partial charge in [0.25, 0.3) is 5.91 Å². The number of methoxy groups -OCH3 is 1. The number of hydrogen-bond acceptors (Lipinski definition) is 4. The van der Waals surface area contributed by atoms with Gasteiger partial charge >= 0.3 is 5.97 Å². The predicted molar refractivity (Wildman–Crippen MR) is 87.5 cm³/mol. The molecule has 1 amide bonds. The Bertz CT molecular complexity index is 566. The highest BCUT2D eigenvalue weighted by Crippen LogP contribution is 2.25. The maximum Gasteiger partial charge on any atom is 0.337 e. The van der Waals surface area contributed by atoms with E-state index in [2.05, 4.69) is 9.64 Å². The molecule has 0 spiro atoms. The summed E-state index contributed by atoms with van der Waals surface area (Å²) in [4.78, 5) is 28.6. The van der Waals surface area contributed by atoms with E-state index in [0.29, 0.717) is 11.1 Å². The number of benzene rings is 1. The van der Waals surface area contributed by atoms with Crippen LogP contribution in [0.1, 0.15) is 46.4 Å². The van der Waals surface area contributed by atoms with E-state index in [1.807, 2.05) is 4.90 Å². The first kappa shape index (κ1) is 16.0. The van der Waals surface area contributed by atoms with Crippen LogP contribution in [0.3, 0.4) is 0 Å². The summed E-state index contributed by atoms with van der Waals surface area (Å²) < 4.78 is 4.68. The van der Waals surface area contributed by atoms with Crippen LogP contribution < -0.4 is 0 Å². The second-order valence-electron chi connectivity index (χ2n) is 6.34. The molecule has 0 atom stereocenters. The van der Waals surface area contributed by atoms with Crippen molar-refractivity contribution in [1.82, 2.24) is 9.80 Å². The number of nitrogens with zero attached hydrogens (tertiary/aromatic N) is 2. The van der Waals surface area contributed by atoms with Crippen LogP contribution >= 0.6 is 0 Å². The van der Waals surface area contributed by atoms with Gasteiger partial charge in [-0.3, -0.25) is 9.69 Å². The van der Waals surface area contributed by atoms with E-state index in [1.54, 1.807) is 24.3 Å². The molecule has 2 aliphatic rings. The molecule has 3 rings (SSSR count). The van der Waals surface area contributed by atoms with Gasteiger partial charge in [0.15, 0.2) is 0 Å². The molecule has 2 fully saturated rings. The molecule has 1 saturated heterocycles. The van der Waals surface area contributed by atoms with E-state index in [9.17, 15) is 9.59 Å². The Hall–Kier alpha value is -1.88. The Kier molecular flexibility index (Phi) is 4.96. The van der Waals surface area contributed by atoms with Crippen LogP contribution in [0.5, 0.6) is 0 Å². The fraction of sp³-hybridized carbons (Fsp3) is 0.556. The van der Waals surface area contributed by atoms with Crippen LogP contribution in [0.2, 0.25) is 0 Å². The summed E-state index contributed by atoms with van der Waals surface area (Å²) in [6.07, 6.45) is 4.99. The summed E-state index contributed by atoms with van der Waals surface area (Å²) in [6.45, 7) is 3.65. The second kappa shape index (κ2) is 7.13. The van der Waals surface area contributed by atoms with Gasteiger partial charge in [-0.15, -0.1) is 0 Å². The van der Waals surface area contributed by atoms with Crippen LogP contribution in [-0.4, -0.2) is 61.0 Å². The van der Waals surface area contributed by atoms with Gasteiger partial charge in [0.1, 0.15) is 0 Å². The maximum atomic E-state index is 12.7. The molecule has 0 N–H and O–H groups in total. The van der Waals surface area contributed by atoms with Gasteiger partial charge in [-0.05, 0) is 43.5 Å². The summed E-state index contributed by atoms with van der Waals surface area (Å²) in [5, 5.41) is 0. The zero-order valence-electron chi connectivity index (χ0n) is 13.7. The molecule has 0 unspecified atom stereocenters. The van der Waals surface area contributed by atoms with Crippen molar-refractivity contribution in [2.45, 2.75) is 31.7 Å². The first-order chi connectivity index (χ1) is 11.2. The average molecular weight is 316 g/mol. The Morgan fingerprint density at radius 1 is 0.957 bits per heavy atom. The van der Waals surface area contributed by atoms with Gasteiger partial charge in [0.05, 0.1) is 12.7 Å². The van der Waals surface area contributed by atoms with Crippen LogP contribution in [0.25, 0.3) is 0 Å². The van der Waals surface area contributed by atoms with Crippen molar-refractivity contribution in [3.8, 4) is 0 Å². The molecule has 1 aliphatic heterocycles. The van der Waals surface area contributed by atoms with Crippen LogP contribution in [0, 0.1) is 0 Å². The lowest BCUT2D eigenvalue weighted by atomic mass is 9.91. The van der Waals surface area contributed by atoms with Crippen LogP contribution in [-0.2, 0) is 4.74 Å². The molecule has 5 heteroatoms. The third-order valence-electron chi connectivity index (χ3n) is 4.96. The van der Waals surface area contributed by atoms with E-state index in [0.717, 1.165) is 38.6 Å². The highest BCUT2D eigenvalue weighted by atomic mass is 16.5. The first-order valence-corrected chi connectivity index (χ1v) is 8.41. The first-order valence-electron chi connectivity index (χ1n) is 8.41. The fourth-order valence-electron chi connectivity index (χ4n) is 3.31. The number of amides is 1. The molecule has 1 aliphatic carbocycles. The van der Waals surface area contributed by atoms with Crippen molar-refractivity contribution in [3.63, 3.8) is 0 Å². The summed E-state index contributed by atoms with van der Waals surface area (Å²) in [7, 11) is 1.35. The lowest BCUT2D eigenvalue weighted by Crippen LogP contribution is -2.42. The lowest BCUT2D eigenvalue weighted by molar-refractivity contribution is 0.0599. The molecule has 0 radical (unpaired) electrons. The van der Waals surface area contributed by atoms with Gasteiger partial charge in [0.2, 0.25) is 0 Å². The minimum Gasteiger partial charge on any atom is -0.465 e.